The normalized spacial score (nSPS) is 19.3. The van der Waals surface area contributed by atoms with E-state index in [2.05, 4.69) is 42.0 Å². The van der Waals surface area contributed by atoms with Crippen LogP contribution < -0.4 is 10.4 Å². The molecule has 1 aromatic carbocycles. The van der Waals surface area contributed by atoms with Crippen molar-refractivity contribution in [2.75, 3.05) is 31.1 Å². The lowest BCUT2D eigenvalue weighted by molar-refractivity contribution is 0.0705. The number of amides is 1. The Morgan fingerprint density at radius 3 is 2.24 bits per heavy atom. The van der Waals surface area contributed by atoms with Crippen LogP contribution in [0.3, 0.4) is 0 Å². The summed E-state index contributed by atoms with van der Waals surface area (Å²) in [5.41, 5.74) is 6.20. The summed E-state index contributed by atoms with van der Waals surface area (Å²) in [6.45, 7) is 5.68. The average molecular weight is 470 g/mol. The van der Waals surface area contributed by atoms with Gasteiger partial charge in [0.15, 0.2) is 0 Å². The van der Waals surface area contributed by atoms with Gasteiger partial charge in [-0.3, -0.25) is 10.0 Å². The van der Waals surface area contributed by atoms with Crippen LogP contribution >= 0.6 is 0 Å². The molecule has 0 radical (unpaired) electrons. The van der Waals surface area contributed by atoms with Gasteiger partial charge in [0.25, 0.3) is 5.91 Å². The van der Waals surface area contributed by atoms with Gasteiger partial charge in [0.05, 0.1) is 10.8 Å². The van der Waals surface area contributed by atoms with Crippen LogP contribution in [0.25, 0.3) is 5.57 Å². The SMILES string of the molecule is Cc1cc(C)cc(C2=CCC(S(=O)(=O)N3CCN(c4ncc(C(=O)NO)cn4)CC3)C=C2)c1. The zero-order valence-corrected chi connectivity index (χ0v) is 19.4. The molecule has 9 nitrogen and oxygen atoms in total. The summed E-state index contributed by atoms with van der Waals surface area (Å²) in [4.78, 5) is 21.6. The van der Waals surface area contributed by atoms with Crippen molar-refractivity contribution in [1.29, 1.82) is 0 Å². The monoisotopic (exact) mass is 469 g/mol. The van der Waals surface area contributed by atoms with E-state index in [0.717, 1.165) is 11.1 Å². The minimum Gasteiger partial charge on any atom is -0.338 e. The predicted molar refractivity (Wildman–Crippen MR) is 125 cm³/mol. The molecule has 1 aliphatic carbocycles. The molecule has 2 heterocycles. The van der Waals surface area contributed by atoms with Gasteiger partial charge in [0.1, 0.15) is 0 Å². The molecule has 2 aromatic rings. The Labute approximate surface area is 193 Å². The third kappa shape index (κ3) is 4.97. The first kappa shape index (κ1) is 23.1. The fourth-order valence-electron chi connectivity index (χ4n) is 4.18. The second-order valence-corrected chi connectivity index (χ2v) is 10.5. The number of sulfonamides is 1. The lowest BCUT2D eigenvalue weighted by atomic mass is 9.96. The van der Waals surface area contributed by atoms with Crippen molar-refractivity contribution in [3.8, 4) is 0 Å². The molecule has 0 saturated carbocycles. The fourth-order valence-corrected chi connectivity index (χ4v) is 5.85. The Morgan fingerprint density at radius 1 is 1.06 bits per heavy atom. The van der Waals surface area contributed by atoms with Gasteiger partial charge < -0.3 is 4.90 Å². The van der Waals surface area contributed by atoms with Gasteiger partial charge in [-0.15, -0.1) is 0 Å². The molecule has 1 amide bonds. The van der Waals surface area contributed by atoms with Crippen molar-refractivity contribution in [3.05, 3.63) is 71.1 Å². The first-order valence-corrected chi connectivity index (χ1v) is 12.3. The summed E-state index contributed by atoms with van der Waals surface area (Å²) in [5, 5.41) is 8.10. The molecule has 174 valence electrons. The average Bonchev–Trinajstić information content (AvgIpc) is 2.83. The van der Waals surface area contributed by atoms with Gasteiger partial charge >= 0.3 is 0 Å². The number of allylic oxidation sites excluding steroid dienone is 3. The molecule has 1 aliphatic heterocycles. The highest BCUT2D eigenvalue weighted by Gasteiger charge is 2.33. The Bertz CT molecular complexity index is 1180. The zero-order valence-electron chi connectivity index (χ0n) is 18.6. The van der Waals surface area contributed by atoms with Crippen molar-refractivity contribution in [2.24, 2.45) is 0 Å². The standard InChI is InChI=1S/C23H27N5O4S/c1-16-11-17(2)13-19(12-16)18-3-5-21(6-4-18)33(31,32)28-9-7-27(8-10-28)23-24-14-20(15-25-23)22(29)26-30/h3-5,11-15,21,30H,6-10H2,1-2H3,(H,26,29). The summed E-state index contributed by atoms with van der Waals surface area (Å²) in [7, 11) is -3.48. The smallest absolute Gasteiger partial charge is 0.277 e. The van der Waals surface area contributed by atoms with E-state index < -0.39 is 21.2 Å². The summed E-state index contributed by atoms with van der Waals surface area (Å²) in [6, 6.07) is 6.35. The number of nitrogens with zero attached hydrogens (tertiary/aromatic N) is 4. The maximum absolute atomic E-state index is 13.2. The van der Waals surface area contributed by atoms with Gasteiger partial charge in [-0.2, -0.15) is 4.31 Å². The molecule has 0 spiro atoms. The fraction of sp³-hybridized carbons (Fsp3) is 0.348. The summed E-state index contributed by atoms with van der Waals surface area (Å²) < 4.78 is 28.0. The predicted octanol–water partition coefficient (Wildman–Crippen LogP) is 2.08. The van der Waals surface area contributed by atoms with Gasteiger partial charge in [-0.1, -0.05) is 47.6 Å². The first-order valence-electron chi connectivity index (χ1n) is 10.8. The molecule has 4 rings (SSSR count). The number of benzene rings is 1. The maximum Gasteiger partial charge on any atom is 0.277 e. The molecule has 2 aliphatic rings. The molecule has 0 bridgehead atoms. The minimum atomic E-state index is -3.48. The molecule has 33 heavy (non-hydrogen) atoms. The van der Waals surface area contributed by atoms with E-state index in [1.165, 1.54) is 33.3 Å². The third-order valence-corrected chi connectivity index (χ3v) is 8.08. The van der Waals surface area contributed by atoms with Crippen LogP contribution in [0.1, 0.15) is 33.5 Å². The third-order valence-electron chi connectivity index (χ3n) is 5.88. The quantitative estimate of drug-likeness (QED) is 0.509. The number of anilines is 1. The highest BCUT2D eigenvalue weighted by Crippen LogP contribution is 2.28. The van der Waals surface area contributed by atoms with Crippen LogP contribution in [0, 0.1) is 13.8 Å². The van der Waals surface area contributed by atoms with Crippen molar-refractivity contribution < 1.29 is 18.4 Å². The summed E-state index contributed by atoms with van der Waals surface area (Å²) in [6.07, 6.45) is 8.80. The van der Waals surface area contributed by atoms with E-state index in [4.69, 9.17) is 5.21 Å². The highest BCUT2D eigenvalue weighted by atomic mass is 32.2. The van der Waals surface area contributed by atoms with Crippen LogP contribution in [0.15, 0.2) is 48.8 Å². The molecular formula is C23H27N5O4S. The first-order chi connectivity index (χ1) is 15.8. The number of aromatic nitrogens is 2. The summed E-state index contributed by atoms with van der Waals surface area (Å²) >= 11 is 0. The van der Waals surface area contributed by atoms with E-state index in [9.17, 15) is 13.2 Å². The van der Waals surface area contributed by atoms with E-state index >= 15 is 0 Å². The molecule has 1 aromatic heterocycles. The summed E-state index contributed by atoms with van der Waals surface area (Å²) in [5.74, 6) is -0.270. The lowest BCUT2D eigenvalue weighted by Gasteiger charge is -2.35. The number of hydrogen-bond acceptors (Lipinski definition) is 7. The van der Waals surface area contributed by atoms with Crippen molar-refractivity contribution >= 4 is 27.5 Å². The van der Waals surface area contributed by atoms with E-state index in [0.29, 0.717) is 38.5 Å². The van der Waals surface area contributed by atoms with Crippen molar-refractivity contribution in [2.45, 2.75) is 25.5 Å². The largest absolute Gasteiger partial charge is 0.338 e. The molecule has 2 N–H and O–H groups in total. The van der Waals surface area contributed by atoms with E-state index in [-0.39, 0.29) is 5.56 Å². The van der Waals surface area contributed by atoms with Crippen molar-refractivity contribution in [1.82, 2.24) is 19.8 Å². The van der Waals surface area contributed by atoms with Crippen LogP contribution in [0.2, 0.25) is 0 Å². The number of nitrogens with one attached hydrogen (secondary N) is 1. The molecule has 1 saturated heterocycles. The Morgan fingerprint density at radius 2 is 1.70 bits per heavy atom. The number of carbonyl (C=O) groups excluding carboxylic acids is 1. The Balaban J connectivity index is 1.38. The van der Waals surface area contributed by atoms with Crippen LogP contribution in [-0.4, -0.2) is 65.2 Å². The highest BCUT2D eigenvalue weighted by molar-refractivity contribution is 7.89. The number of carbonyl (C=O) groups is 1. The van der Waals surface area contributed by atoms with Gasteiger partial charge in [-0.05, 0) is 31.4 Å². The number of piperazine rings is 1. The zero-order chi connectivity index (χ0) is 23.6. The van der Waals surface area contributed by atoms with Gasteiger partial charge in [0.2, 0.25) is 16.0 Å². The number of hydroxylamine groups is 1. The Hall–Kier alpha value is -3.08. The molecular weight excluding hydrogens is 442 g/mol. The van der Waals surface area contributed by atoms with E-state index in [1.807, 2.05) is 17.1 Å². The molecule has 1 fully saturated rings. The van der Waals surface area contributed by atoms with Gasteiger partial charge in [0, 0.05) is 38.6 Å². The lowest BCUT2D eigenvalue weighted by Crippen LogP contribution is -2.51. The molecule has 1 atom stereocenters. The molecule has 10 heteroatoms. The maximum atomic E-state index is 13.2. The van der Waals surface area contributed by atoms with Crippen LogP contribution in [0.4, 0.5) is 5.95 Å². The number of hydrogen-bond donors (Lipinski definition) is 2. The van der Waals surface area contributed by atoms with E-state index in [1.54, 1.807) is 6.08 Å². The minimum absolute atomic E-state index is 0.139. The number of rotatable bonds is 5. The number of aryl methyl sites for hydroxylation is 2. The van der Waals surface area contributed by atoms with Crippen LogP contribution in [-0.2, 0) is 10.0 Å². The second-order valence-electron chi connectivity index (χ2n) is 8.31. The molecule has 1 unspecified atom stereocenters. The van der Waals surface area contributed by atoms with Crippen LogP contribution in [0.5, 0.6) is 0 Å². The van der Waals surface area contributed by atoms with Gasteiger partial charge in [-0.25, -0.2) is 23.9 Å². The second kappa shape index (κ2) is 9.42. The Kier molecular flexibility index (Phi) is 6.59. The topological polar surface area (TPSA) is 116 Å². The van der Waals surface area contributed by atoms with Crippen molar-refractivity contribution in [3.63, 3.8) is 0 Å².